The van der Waals surface area contributed by atoms with E-state index in [0.29, 0.717) is 28.1 Å². The van der Waals surface area contributed by atoms with Gasteiger partial charge >= 0.3 is 0 Å². The van der Waals surface area contributed by atoms with Crippen LogP contribution in [0, 0.1) is 32.4 Å². The van der Waals surface area contributed by atoms with Crippen LogP contribution in [0.2, 0.25) is 0 Å². The minimum absolute atomic E-state index is 0.00548. The Labute approximate surface area is 245 Å². The molecule has 0 radical (unpaired) electrons. The standard InChI is InChI=1S/C34H26F2N4O3/c1-20-11-14-39(26-7-5-25(35)6-8-26)34(42)32(20)29(41)19-23-4-9-30(28(36)18-23)43-31-10-13-37-40-15-12-27(33(31)40)24-16-21(2)38-22(3)17-24/h4-18H,19H2,1-3H3. The Kier molecular flexibility index (Phi) is 7.15. The Morgan fingerprint density at radius 3 is 2.33 bits per heavy atom. The highest BCUT2D eigenvalue weighted by molar-refractivity contribution is 5.98. The monoisotopic (exact) mass is 576 g/mol. The Morgan fingerprint density at radius 1 is 0.860 bits per heavy atom. The SMILES string of the molecule is Cc1cc(-c2ccn3nccc(Oc4ccc(CC(=O)c5c(C)ccn(-c6ccc(F)cc6)c5=O)cc4F)c23)cc(C)n1. The van der Waals surface area contributed by atoms with Crippen molar-refractivity contribution in [1.82, 2.24) is 19.2 Å². The Morgan fingerprint density at radius 2 is 1.60 bits per heavy atom. The molecular formula is C34H26F2N4O3. The number of carbonyl (C=O) groups excluding carboxylic acids is 1. The van der Waals surface area contributed by atoms with Gasteiger partial charge in [0.1, 0.15) is 11.3 Å². The number of halogens is 2. The zero-order chi connectivity index (χ0) is 30.2. The summed E-state index contributed by atoms with van der Waals surface area (Å²) in [6.45, 7) is 5.51. The second kappa shape index (κ2) is 11.1. The zero-order valence-corrected chi connectivity index (χ0v) is 23.6. The minimum Gasteiger partial charge on any atom is -0.452 e. The van der Waals surface area contributed by atoms with E-state index >= 15 is 4.39 Å². The molecule has 0 aliphatic rings. The van der Waals surface area contributed by atoms with Crippen LogP contribution in [-0.2, 0) is 6.42 Å². The Bertz CT molecular complexity index is 2060. The largest absolute Gasteiger partial charge is 0.452 e. The van der Waals surface area contributed by atoms with Crippen molar-refractivity contribution in [2.45, 2.75) is 27.2 Å². The van der Waals surface area contributed by atoms with Crippen LogP contribution in [0.15, 0.2) is 96.2 Å². The van der Waals surface area contributed by atoms with Gasteiger partial charge < -0.3 is 4.74 Å². The van der Waals surface area contributed by atoms with E-state index in [1.165, 1.54) is 47.2 Å². The molecule has 0 saturated carbocycles. The maximum absolute atomic E-state index is 15.4. The first kappa shape index (κ1) is 27.7. The predicted octanol–water partition coefficient (Wildman–Crippen LogP) is 6.97. The molecule has 4 aromatic heterocycles. The molecule has 0 spiro atoms. The molecule has 43 heavy (non-hydrogen) atoms. The van der Waals surface area contributed by atoms with Gasteiger partial charge in [0.15, 0.2) is 23.1 Å². The summed E-state index contributed by atoms with van der Waals surface area (Å²) >= 11 is 0. The smallest absolute Gasteiger partial charge is 0.266 e. The molecule has 0 N–H and O–H groups in total. The lowest BCUT2D eigenvalue weighted by molar-refractivity contribution is 0.0990. The van der Waals surface area contributed by atoms with Crippen LogP contribution in [0.5, 0.6) is 11.5 Å². The fourth-order valence-electron chi connectivity index (χ4n) is 5.22. The van der Waals surface area contributed by atoms with Gasteiger partial charge in [-0.1, -0.05) is 6.07 Å². The van der Waals surface area contributed by atoms with Crippen LogP contribution in [-0.4, -0.2) is 24.9 Å². The molecule has 214 valence electrons. The number of hydrogen-bond donors (Lipinski definition) is 0. The van der Waals surface area contributed by atoms with Crippen LogP contribution in [0.25, 0.3) is 22.3 Å². The molecule has 6 rings (SSSR count). The van der Waals surface area contributed by atoms with E-state index in [1.54, 1.807) is 35.8 Å². The van der Waals surface area contributed by atoms with Crippen molar-refractivity contribution in [2.75, 3.05) is 0 Å². The third-order valence-corrected chi connectivity index (χ3v) is 7.17. The first-order valence-corrected chi connectivity index (χ1v) is 13.6. The molecule has 9 heteroatoms. The molecular weight excluding hydrogens is 550 g/mol. The molecule has 0 aliphatic carbocycles. The first-order valence-electron chi connectivity index (χ1n) is 13.6. The van der Waals surface area contributed by atoms with Crippen molar-refractivity contribution in [3.63, 3.8) is 0 Å². The number of pyridine rings is 2. The number of ether oxygens (including phenoxy) is 1. The molecule has 0 unspecified atom stereocenters. The van der Waals surface area contributed by atoms with Crippen molar-refractivity contribution in [2.24, 2.45) is 0 Å². The third kappa shape index (κ3) is 5.44. The number of hydrogen-bond acceptors (Lipinski definition) is 5. The fraction of sp³-hybridized carbons (Fsp3) is 0.118. The average Bonchev–Trinajstić information content (AvgIpc) is 3.40. The minimum atomic E-state index is -0.655. The van der Waals surface area contributed by atoms with Gasteiger partial charge in [0.2, 0.25) is 0 Å². The van der Waals surface area contributed by atoms with Gasteiger partial charge in [-0.2, -0.15) is 5.10 Å². The number of ketones is 1. The molecule has 0 bridgehead atoms. The summed E-state index contributed by atoms with van der Waals surface area (Å²) in [6.07, 6.45) is 4.73. The molecule has 2 aromatic carbocycles. The normalized spacial score (nSPS) is 11.2. The molecule has 0 amide bonds. The lowest BCUT2D eigenvalue weighted by Gasteiger charge is -2.12. The summed E-state index contributed by atoms with van der Waals surface area (Å²) in [5.41, 5.74) is 5.00. The van der Waals surface area contributed by atoms with Gasteiger partial charge in [-0.25, -0.2) is 13.3 Å². The molecule has 0 saturated heterocycles. The van der Waals surface area contributed by atoms with E-state index in [9.17, 15) is 14.0 Å². The molecule has 0 fully saturated rings. The third-order valence-electron chi connectivity index (χ3n) is 7.17. The average molecular weight is 577 g/mol. The van der Waals surface area contributed by atoms with Gasteiger partial charge in [-0.15, -0.1) is 0 Å². The number of aryl methyl sites for hydroxylation is 3. The quantitative estimate of drug-likeness (QED) is 0.192. The number of nitrogens with zero attached hydrogens (tertiary/aromatic N) is 4. The van der Waals surface area contributed by atoms with E-state index in [4.69, 9.17) is 4.74 Å². The van der Waals surface area contributed by atoms with E-state index in [2.05, 4.69) is 10.1 Å². The number of benzene rings is 2. The Hall–Kier alpha value is -5.44. The summed E-state index contributed by atoms with van der Waals surface area (Å²) in [6, 6.07) is 18.9. The van der Waals surface area contributed by atoms with E-state index in [0.717, 1.165) is 22.5 Å². The summed E-state index contributed by atoms with van der Waals surface area (Å²) < 4.78 is 37.7. The first-order chi connectivity index (χ1) is 20.7. The van der Waals surface area contributed by atoms with Crippen LogP contribution in [0.1, 0.15) is 32.9 Å². The number of fused-ring (bicyclic) bond motifs is 1. The number of Topliss-reactive ketones (excluding diaryl/α,β-unsaturated/α-hetero) is 1. The predicted molar refractivity (Wildman–Crippen MR) is 159 cm³/mol. The maximum Gasteiger partial charge on any atom is 0.266 e. The van der Waals surface area contributed by atoms with Gasteiger partial charge in [-0.3, -0.25) is 19.1 Å². The van der Waals surface area contributed by atoms with Crippen molar-refractivity contribution in [3.05, 3.63) is 141 Å². The highest BCUT2D eigenvalue weighted by atomic mass is 19.1. The van der Waals surface area contributed by atoms with Gasteiger partial charge in [0, 0.05) is 47.5 Å². The maximum atomic E-state index is 15.4. The second-order valence-corrected chi connectivity index (χ2v) is 10.3. The van der Waals surface area contributed by atoms with Gasteiger partial charge in [0.05, 0.1) is 11.8 Å². The van der Waals surface area contributed by atoms with E-state index in [1.807, 2.05) is 38.2 Å². The van der Waals surface area contributed by atoms with Crippen molar-refractivity contribution < 1.29 is 18.3 Å². The van der Waals surface area contributed by atoms with Gasteiger partial charge in [-0.05, 0) is 98.1 Å². The highest BCUT2D eigenvalue weighted by Gasteiger charge is 2.19. The lowest BCUT2D eigenvalue weighted by atomic mass is 10.0. The Balaban J connectivity index is 1.28. The lowest BCUT2D eigenvalue weighted by Crippen LogP contribution is -2.27. The second-order valence-electron chi connectivity index (χ2n) is 10.3. The summed E-state index contributed by atoms with van der Waals surface area (Å²) in [5.74, 6) is -1.16. The van der Waals surface area contributed by atoms with Crippen LogP contribution in [0.4, 0.5) is 8.78 Å². The molecule has 0 atom stereocenters. The number of aromatic nitrogens is 4. The van der Waals surface area contributed by atoms with E-state index < -0.39 is 23.0 Å². The summed E-state index contributed by atoms with van der Waals surface area (Å²) in [4.78, 5) is 30.9. The zero-order valence-electron chi connectivity index (χ0n) is 23.6. The molecule has 6 aromatic rings. The fourth-order valence-corrected chi connectivity index (χ4v) is 5.22. The topological polar surface area (TPSA) is 78.5 Å². The van der Waals surface area contributed by atoms with Crippen LogP contribution in [0.3, 0.4) is 0 Å². The number of carbonyl (C=O) groups is 1. The van der Waals surface area contributed by atoms with Gasteiger partial charge in [0.25, 0.3) is 5.56 Å². The molecule has 4 heterocycles. The summed E-state index contributed by atoms with van der Waals surface area (Å²) in [5, 5.41) is 4.36. The van der Waals surface area contributed by atoms with Crippen LogP contribution < -0.4 is 10.3 Å². The number of rotatable bonds is 7. The van der Waals surface area contributed by atoms with Crippen molar-refractivity contribution in [3.8, 4) is 28.3 Å². The molecule has 7 nitrogen and oxygen atoms in total. The van der Waals surface area contributed by atoms with Crippen molar-refractivity contribution in [1.29, 1.82) is 0 Å². The van der Waals surface area contributed by atoms with Crippen LogP contribution >= 0.6 is 0 Å². The molecule has 0 aliphatic heterocycles. The highest BCUT2D eigenvalue weighted by Crippen LogP contribution is 2.35. The van der Waals surface area contributed by atoms with E-state index in [-0.39, 0.29) is 17.7 Å². The summed E-state index contributed by atoms with van der Waals surface area (Å²) in [7, 11) is 0. The van der Waals surface area contributed by atoms with Crippen molar-refractivity contribution >= 4 is 11.3 Å².